The second kappa shape index (κ2) is 7.40. The monoisotopic (exact) mass is 304 g/mol. The van der Waals surface area contributed by atoms with Crippen LogP contribution >= 0.6 is 0 Å². The maximum atomic E-state index is 12.8. The van der Waals surface area contributed by atoms with Gasteiger partial charge in [-0.1, -0.05) is 12.1 Å². The van der Waals surface area contributed by atoms with Crippen molar-refractivity contribution in [3.05, 3.63) is 64.3 Å². The third-order valence-corrected chi connectivity index (χ3v) is 3.17. The summed E-state index contributed by atoms with van der Waals surface area (Å²) in [5.74, 6) is -0.357. The number of ether oxygens (including phenoxy) is 1. The van der Waals surface area contributed by atoms with Gasteiger partial charge in [0, 0.05) is 12.7 Å². The number of nitrogens with zero attached hydrogens (tertiary/aromatic N) is 1. The van der Waals surface area contributed by atoms with Gasteiger partial charge in [0.05, 0.1) is 7.11 Å². The lowest BCUT2D eigenvalue weighted by molar-refractivity contribution is -0.121. The fourth-order valence-electron chi connectivity index (χ4n) is 2.00. The molecule has 1 amide bonds. The normalized spacial score (nSPS) is 10.3. The molecule has 0 spiro atoms. The molecule has 2 aromatic rings. The lowest BCUT2D eigenvalue weighted by Crippen LogP contribution is -2.33. The van der Waals surface area contributed by atoms with Crippen molar-refractivity contribution in [2.75, 3.05) is 13.7 Å². The molecule has 0 bridgehead atoms. The quantitative estimate of drug-likeness (QED) is 0.876. The Labute approximate surface area is 127 Å². The second-order valence-corrected chi connectivity index (χ2v) is 4.74. The molecule has 22 heavy (non-hydrogen) atoms. The molecule has 0 radical (unpaired) electrons. The van der Waals surface area contributed by atoms with Crippen molar-refractivity contribution in [2.24, 2.45) is 0 Å². The molecule has 6 heteroatoms. The highest BCUT2D eigenvalue weighted by molar-refractivity contribution is 5.75. The van der Waals surface area contributed by atoms with Crippen LogP contribution in [-0.2, 0) is 17.8 Å². The maximum absolute atomic E-state index is 12.8. The Morgan fingerprint density at radius 1 is 1.27 bits per heavy atom. The molecule has 0 saturated heterocycles. The first-order chi connectivity index (χ1) is 10.6. The summed E-state index contributed by atoms with van der Waals surface area (Å²) in [5.41, 5.74) is 0.582. The molecule has 0 fully saturated rings. The van der Waals surface area contributed by atoms with Crippen LogP contribution in [0.3, 0.4) is 0 Å². The molecule has 0 aliphatic heterocycles. The highest BCUT2D eigenvalue weighted by Gasteiger charge is 2.07. The largest absolute Gasteiger partial charge is 0.491 e. The topological polar surface area (TPSA) is 60.3 Å². The van der Waals surface area contributed by atoms with E-state index in [1.54, 1.807) is 24.3 Å². The summed E-state index contributed by atoms with van der Waals surface area (Å²) in [7, 11) is 1.41. The van der Waals surface area contributed by atoms with E-state index in [4.69, 9.17) is 4.74 Å². The number of benzene rings is 1. The van der Waals surface area contributed by atoms with Gasteiger partial charge in [-0.3, -0.25) is 9.59 Å². The van der Waals surface area contributed by atoms with Gasteiger partial charge >= 0.3 is 0 Å². The molecular weight excluding hydrogens is 287 g/mol. The van der Waals surface area contributed by atoms with E-state index < -0.39 is 0 Å². The van der Waals surface area contributed by atoms with Crippen LogP contribution in [0.25, 0.3) is 0 Å². The SMILES string of the molecule is COc1cccn(CC(=O)NCCc2ccc(F)cc2)c1=O. The number of amides is 1. The first kappa shape index (κ1) is 15.8. The highest BCUT2D eigenvalue weighted by Crippen LogP contribution is 2.03. The number of methoxy groups -OCH3 is 1. The van der Waals surface area contributed by atoms with Crippen LogP contribution in [0.4, 0.5) is 4.39 Å². The molecule has 0 saturated carbocycles. The van der Waals surface area contributed by atoms with Crippen molar-refractivity contribution in [1.82, 2.24) is 9.88 Å². The van der Waals surface area contributed by atoms with Gasteiger partial charge in [-0.2, -0.15) is 0 Å². The minimum absolute atomic E-state index is 0.0700. The average molecular weight is 304 g/mol. The zero-order valence-corrected chi connectivity index (χ0v) is 12.2. The number of carbonyl (C=O) groups is 1. The van der Waals surface area contributed by atoms with Crippen LogP contribution in [-0.4, -0.2) is 24.1 Å². The minimum Gasteiger partial charge on any atom is -0.491 e. The van der Waals surface area contributed by atoms with Gasteiger partial charge in [-0.15, -0.1) is 0 Å². The Hall–Kier alpha value is -2.63. The predicted octanol–water partition coefficient (Wildman–Crippen LogP) is 1.35. The van der Waals surface area contributed by atoms with E-state index in [1.807, 2.05) is 0 Å². The number of aromatic nitrogens is 1. The number of rotatable bonds is 6. The van der Waals surface area contributed by atoms with Crippen LogP contribution in [0.2, 0.25) is 0 Å². The van der Waals surface area contributed by atoms with Crippen LogP contribution in [0.5, 0.6) is 5.75 Å². The van der Waals surface area contributed by atoms with Crippen molar-refractivity contribution >= 4 is 5.91 Å². The Morgan fingerprint density at radius 2 is 2.00 bits per heavy atom. The summed E-state index contributed by atoms with van der Waals surface area (Å²) in [5, 5.41) is 2.73. The van der Waals surface area contributed by atoms with E-state index in [2.05, 4.69) is 5.32 Å². The predicted molar refractivity (Wildman–Crippen MR) is 80.4 cm³/mol. The first-order valence-corrected chi connectivity index (χ1v) is 6.85. The lowest BCUT2D eigenvalue weighted by Gasteiger charge is -2.08. The molecule has 0 atom stereocenters. The van der Waals surface area contributed by atoms with E-state index >= 15 is 0 Å². The van der Waals surface area contributed by atoms with Gasteiger partial charge in [0.1, 0.15) is 12.4 Å². The molecule has 0 aliphatic carbocycles. The summed E-state index contributed by atoms with van der Waals surface area (Å²) in [4.78, 5) is 23.7. The van der Waals surface area contributed by atoms with Gasteiger partial charge < -0.3 is 14.6 Å². The van der Waals surface area contributed by atoms with E-state index in [0.717, 1.165) is 5.56 Å². The van der Waals surface area contributed by atoms with Crippen LogP contribution in [0.1, 0.15) is 5.56 Å². The van der Waals surface area contributed by atoms with Crippen molar-refractivity contribution in [3.63, 3.8) is 0 Å². The van der Waals surface area contributed by atoms with Crippen molar-refractivity contribution in [1.29, 1.82) is 0 Å². The van der Waals surface area contributed by atoms with Crippen molar-refractivity contribution in [2.45, 2.75) is 13.0 Å². The average Bonchev–Trinajstić information content (AvgIpc) is 2.51. The molecule has 1 N–H and O–H groups in total. The minimum atomic E-state index is -0.348. The molecule has 0 unspecified atom stereocenters. The number of halogens is 1. The van der Waals surface area contributed by atoms with Gasteiger partial charge in [-0.25, -0.2) is 4.39 Å². The Morgan fingerprint density at radius 3 is 2.68 bits per heavy atom. The molecule has 2 rings (SSSR count). The van der Waals surface area contributed by atoms with E-state index in [9.17, 15) is 14.0 Å². The lowest BCUT2D eigenvalue weighted by atomic mass is 10.1. The summed E-state index contributed by atoms with van der Waals surface area (Å²) >= 11 is 0. The molecule has 0 aliphatic rings. The van der Waals surface area contributed by atoms with Crippen LogP contribution in [0.15, 0.2) is 47.4 Å². The zero-order chi connectivity index (χ0) is 15.9. The Bertz CT molecular complexity index is 695. The first-order valence-electron chi connectivity index (χ1n) is 6.85. The number of carbonyl (C=O) groups excluding carboxylic acids is 1. The second-order valence-electron chi connectivity index (χ2n) is 4.74. The van der Waals surface area contributed by atoms with Crippen molar-refractivity contribution < 1.29 is 13.9 Å². The summed E-state index contributed by atoms with van der Waals surface area (Å²) in [6.07, 6.45) is 2.13. The smallest absolute Gasteiger partial charge is 0.293 e. The van der Waals surface area contributed by atoms with Gasteiger partial charge in [0.15, 0.2) is 5.75 Å². The summed E-state index contributed by atoms with van der Waals surface area (Å²) < 4.78 is 19.0. The van der Waals surface area contributed by atoms with E-state index in [-0.39, 0.29) is 29.6 Å². The molecule has 5 nitrogen and oxygen atoms in total. The summed E-state index contributed by atoms with van der Waals surface area (Å²) in [6, 6.07) is 9.30. The van der Waals surface area contributed by atoms with E-state index in [1.165, 1.54) is 30.0 Å². The van der Waals surface area contributed by atoms with Gasteiger partial charge in [0.2, 0.25) is 5.91 Å². The van der Waals surface area contributed by atoms with Gasteiger partial charge in [-0.05, 0) is 36.2 Å². The fourth-order valence-corrected chi connectivity index (χ4v) is 2.00. The standard InChI is InChI=1S/C16H17FN2O3/c1-22-14-3-2-10-19(16(14)21)11-15(20)18-9-8-12-4-6-13(17)7-5-12/h2-7,10H,8-9,11H2,1H3,(H,18,20). The number of hydrogen-bond donors (Lipinski definition) is 1. The van der Waals surface area contributed by atoms with Gasteiger partial charge in [0.25, 0.3) is 5.56 Å². The Kier molecular flexibility index (Phi) is 5.30. The molecular formula is C16H17FN2O3. The number of pyridine rings is 1. The highest BCUT2D eigenvalue weighted by atomic mass is 19.1. The molecule has 1 aromatic heterocycles. The molecule has 116 valence electrons. The number of nitrogens with one attached hydrogen (secondary N) is 1. The third-order valence-electron chi connectivity index (χ3n) is 3.17. The number of hydrogen-bond acceptors (Lipinski definition) is 3. The third kappa shape index (κ3) is 4.18. The fraction of sp³-hybridized carbons (Fsp3) is 0.250. The maximum Gasteiger partial charge on any atom is 0.293 e. The Balaban J connectivity index is 1.86. The van der Waals surface area contributed by atoms with Crippen LogP contribution in [0, 0.1) is 5.82 Å². The van der Waals surface area contributed by atoms with Crippen molar-refractivity contribution in [3.8, 4) is 5.75 Å². The van der Waals surface area contributed by atoms with Crippen LogP contribution < -0.4 is 15.6 Å². The summed E-state index contributed by atoms with van der Waals surface area (Å²) in [6.45, 7) is 0.350. The van der Waals surface area contributed by atoms with E-state index in [0.29, 0.717) is 13.0 Å². The molecule has 1 heterocycles. The molecule has 1 aromatic carbocycles. The zero-order valence-electron chi connectivity index (χ0n) is 12.2.